The Morgan fingerprint density at radius 1 is 1.30 bits per heavy atom. The molecule has 158 valence electrons. The van der Waals surface area contributed by atoms with Gasteiger partial charge in [-0.1, -0.05) is 0 Å². The average Bonchev–Trinajstić information content (AvgIpc) is 3.31. The van der Waals surface area contributed by atoms with E-state index in [4.69, 9.17) is 4.74 Å². The van der Waals surface area contributed by atoms with Crippen LogP contribution in [0.25, 0.3) is 22.2 Å². The van der Waals surface area contributed by atoms with Gasteiger partial charge in [-0.15, -0.1) is 0 Å². The molecule has 1 fully saturated rings. The first-order valence-electron chi connectivity index (χ1n) is 9.79. The van der Waals surface area contributed by atoms with E-state index in [1.165, 1.54) is 0 Å². The summed E-state index contributed by atoms with van der Waals surface area (Å²) in [4.78, 5) is 23.3. The van der Waals surface area contributed by atoms with E-state index in [0.29, 0.717) is 29.2 Å². The number of ether oxygens (including phenoxy) is 1. The summed E-state index contributed by atoms with van der Waals surface area (Å²) < 4.78 is 35.7. The molecule has 1 amide bonds. The van der Waals surface area contributed by atoms with Crippen LogP contribution in [0, 0.1) is 6.92 Å². The highest BCUT2D eigenvalue weighted by Crippen LogP contribution is 2.39. The number of carbonyl (C=O) groups excluding carboxylic acids is 1. The van der Waals surface area contributed by atoms with Gasteiger partial charge in [-0.2, -0.15) is 8.78 Å². The van der Waals surface area contributed by atoms with Gasteiger partial charge in [0.25, 0.3) is 0 Å². The molecule has 0 radical (unpaired) electrons. The Balaban J connectivity index is 1.94. The van der Waals surface area contributed by atoms with E-state index in [9.17, 15) is 13.6 Å². The molecule has 7 nitrogen and oxygen atoms in total. The minimum absolute atomic E-state index is 0.0592. The lowest BCUT2D eigenvalue weighted by Crippen LogP contribution is -2.19. The maximum atomic E-state index is 14.0. The molecule has 0 aliphatic heterocycles. The Bertz CT molecular complexity index is 1090. The lowest BCUT2D eigenvalue weighted by molar-refractivity contribution is -0.105. The molecule has 0 bridgehead atoms. The van der Waals surface area contributed by atoms with E-state index in [0.717, 1.165) is 37.1 Å². The fourth-order valence-electron chi connectivity index (χ4n) is 4.17. The van der Waals surface area contributed by atoms with Gasteiger partial charge < -0.3 is 14.6 Å². The van der Waals surface area contributed by atoms with Gasteiger partial charge >= 0.3 is 5.92 Å². The normalized spacial score (nSPS) is 19.4. The van der Waals surface area contributed by atoms with Crippen LogP contribution in [0.1, 0.15) is 43.7 Å². The van der Waals surface area contributed by atoms with Crippen LogP contribution >= 0.6 is 0 Å². The highest BCUT2D eigenvalue weighted by molar-refractivity contribution is 5.97. The van der Waals surface area contributed by atoms with Crippen LogP contribution in [0.5, 0.6) is 0 Å². The van der Waals surface area contributed by atoms with Crippen molar-refractivity contribution in [1.29, 1.82) is 0 Å². The number of amides is 1. The monoisotopic (exact) mass is 415 g/mol. The minimum atomic E-state index is -3.16. The number of alkyl halides is 2. The van der Waals surface area contributed by atoms with Crippen molar-refractivity contribution in [2.75, 3.05) is 12.4 Å². The number of halogens is 2. The van der Waals surface area contributed by atoms with Crippen LogP contribution in [0.2, 0.25) is 0 Å². The van der Waals surface area contributed by atoms with E-state index in [1.807, 2.05) is 6.20 Å². The van der Waals surface area contributed by atoms with Gasteiger partial charge in [-0.05, 0) is 38.3 Å². The molecule has 3 heterocycles. The second kappa shape index (κ2) is 7.71. The topological polar surface area (TPSA) is 81.9 Å². The molecule has 2 atom stereocenters. The van der Waals surface area contributed by atoms with Gasteiger partial charge in [0.2, 0.25) is 6.41 Å². The summed E-state index contributed by atoms with van der Waals surface area (Å²) in [6.07, 6.45) is 7.13. The molecule has 0 saturated heterocycles. The van der Waals surface area contributed by atoms with Crippen molar-refractivity contribution in [2.24, 2.45) is 0 Å². The summed E-state index contributed by atoms with van der Waals surface area (Å²) in [5, 5.41) is 3.31. The van der Waals surface area contributed by atoms with E-state index < -0.39 is 11.7 Å². The second-order valence-electron chi connectivity index (χ2n) is 7.68. The van der Waals surface area contributed by atoms with Crippen LogP contribution in [0.4, 0.5) is 14.6 Å². The Hall–Kier alpha value is -2.94. The largest absolute Gasteiger partial charge is 0.379 e. The summed E-state index contributed by atoms with van der Waals surface area (Å²) in [5.74, 6) is -3.30. The van der Waals surface area contributed by atoms with Crippen molar-refractivity contribution in [3.63, 3.8) is 0 Å². The van der Waals surface area contributed by atoms with Gasteiger partial charge in [0.05, 0.1) is 29.6 Å². The van der Waals surface area contributed by atoms with Crippen LogP contribution < -0.4 is 5.32 Å². The Morgan fingerprint density at radius 2 is 2.10 bits per heavy atom. The predicted molar refractivity (Wildman–Crippen MR) is 108 cm³/mol. The number of fused-ring (bicyclic) bond motifs is 1. The van der Waals surface area contributed by atoms with E-state index in [2.05, 4.69) is 24.8 Å². The predicted octanol–water partition coefficient (Wildman–Crippen LogP) is 4.22. The van der Waals surface area contributed by atoms with Gasteiger partial charge in [0, 0.05) is 36.9 Å². The highest BCUT2D eigenvalue weighted by atomic mass is 19.3. The molecular formula is C21H23F2N5O2. The summed E-state index contributed by atoms with van der Waals surface area (Å²) >= 11 is 0. The molecule has 0 spiro atoms. The van der Waals surface area contributed by atoms with E-state index in [1.54, 1.807) is 32.4 Å². The average molecular weight is 415 g/mol. The van der Waals surface area contributed by atoms with Crippen LogP contribution in [-0.4, -0.2) is 39.1 Å². The van der Waals surface area contributed by atoms with Crippen LogP contribution in [0.15, 0.2) is 24.5 Å². The number of aryl methyl sites for hydroxylation is 1. The van der Waals surface area contributed by atoms with E-state index >= 15 is 0 Å². The number of hydrogen-bond donors (Lipinski definition) is 1. The number of nitrogens with one attached hydrogen (secondary N) is 1. The van der Waals surface area contributed by atoms with E-state index in [-0.39, 0.29) is 12.1 Å². The number of hydrogen-bond acceptors (Lipinski definition) is 5. The molecule has 1 N–H and O–H groups in total. The van der Waals surface area contributed by atoms with Crippen molar-refractivity contribution in [1.82, 2.24) is 19.5 Å². The highest BCUT2D eigenvalue weighted by Gasteiger charge is 2.32. The van der Waals surface area contributed by atoms with Gasteiger partial charge in [-0.25, -0.2) is 15.0 Å². The lowest BCUT2D eigenvalue weighted by Gasteiger charge is -2.21. The van der Waals surface area contributed by atoms with Crippen molar-refractivity contribution < 1.29 is 18.3 Å². The van der Waals surface area contributed by atoms with Crippen molar-refractivity contribution in [3.8, 4) is 11.3 Å². The summed E-state index contributed by atoms with van der Waals surface area (Å²) in [7, 11) is 1.70. The number of pyridine rings is 1. The minimum Gasteiger partial charge on any atom is -0.379 e. The number of rotatable bonds is 6. The first-order valence-corrected chi connectivity index (χ1v) is 9.79. The van der Waals surface area contributed by atoms with Crippen molar-refractivity contribution >= 4 is 23.1 Å². The third kappa shape index (κ3) is 3.65. The van der Waals surface area contributed by atoms with Crippen molar-refractivity contribution in [2.45, 2.75) is 51.2 Å². The third-order valence-electron chi connectivity index (χ3n) is 5.53. The maximum Gasteiger partial charge on any atom is 0.303 e. The Morgan fingerprint density at radius 3 is 2.80 bits per heavy atom. The number of nitrogens with zero attached hydrogens (tertiary/aromatic N) is 4. The Labute approximate surface area is 172 Å². The fraction of sp³-hybridized carbons (Fsp3) is 0.429. The number of aromatic nitrogens is 4. The molecular weight excluding hydrogens is 392 g/mol. The first kappa shape index (κ1) is 20.3. The maximum absolute atomic E-state index is 14.0. The molecule has 2 unspecified atom stereocenters. The summed E-state index contributed by atoms with van der Waals surface area (Å²) in [6.45, 7) is 2.45. The van der Waals surface area contributed by atoms with Gasteiger partial charge in [0.1, 0.15) is 5.82 Å². The zero-order valence-electron chi connectivity index (χ0n) is 17.0. The van der Waals surface area contributed by atoms with Crippen LogP contribution in [-0.2, 0) is 15.5 Å². The smallest absolute Gasteiger partial charge is 0.303 e. The number of methoxy groups -OCH3 is 1. The second-order valence-corrected chi connectivity index (χ2v) is 7.68. The Kier molecular flexibility index (Phi) is 5.23. The summed E-state index contributed by atoms with van der Waals surface area (Å²) in [6, 6.07) is 3.52. The molecule has 9 heteroatoms. The number of carbonyl (C=O) groups is 1. The zero-order chi connectivity index (χ0) is 21.5. The van der Waals surface area contributed by atoms with Crippen LogP contribution in [0.3, 0.4) is 0 Å². The molecule has 4 rings (SSSR count). The lowest BCUT2D eigenvalue weighted by atomic mass is 10.1. The summed E-state index contributed by atoms with van der Waals surface area (Å²) in [5.41, 5.74) is 2.36. The van der Waals surface area contributed by atoms with Crippen molar-refractivity contribution in [3.05, 3.63) is 36.0 Å². The molecule has 3 aromatic heterocycles. The quantitative estimate of drug-likeness (QED) is 0.610. The zero-order valence-corrected chi connectivity index (χ0v) is 17.0. The number of anilines is 1. The molecule has 1 aliphatic rings. The molecule has 0 aromatic carbocycles. The SMILES string of the molecule is COC1CCCC1n1cc(-c2cc(C)nc(C(C)(F)F)n2)c2cc(NC=O)ncc21. The van der Waals surface area contributed by atoms with Gasteiger partial charge in [-0.3, -0.25) is 4.79 Å². The fourth-order valence-corrected chi connectivity index (χ4v) is 4.17. The molecule has 1 aliphatic carbocycles. The molecule has 3 aromatic rings. The van der Waals surface area contributed by atoms with Gasteiger partial charge in [0.15, 0.2) is 5.82 Å². The standard InChI is InChI=1S/C21H23F2N5O2/c1-12-7-15(27-20(26-12)21(2,22)23)14-10-28(16-5-4-6-18(16)30-3)17-9-24-19(25-11-29)8-13(14)17/h7-11,16,18H,4-6H2,1-3H3,(H,24,25,29). The third-order valence-corrected chi connectivity index (χ3v) is 5.53. The first-order chi connectivity index (χ1) is 14.3. The molecule has 1 saturated carbocycles. The molecule has 30 heavy (non-hydrogen) atoms.